The summed E-state index contributed by atoms with van der Waals surface area (Å²) in [4.78, 5) is 13.9. The topological polar surface area (TPSA) is 71.7 Å². The molecule has 0 unspecified atom stereocenters. The van der Waals surface area contributed by atoms with Gasteiger partial charge in [-0.25, -0.2) is 4.98 Å². The number of aromatic nitrogens is 3. The van der Waals surface area contributed by atoms with E-state index in [1.165, 1.54) is 18.9 Å². The number of nitriles is 1. The highest BCUT2D eigenvalue weighted by Gasteiger charge is 2.10. The van der Waals surface area contributed by atoms with Gasteiger partial charge in [0.25, 0.3) is 0 Å². The first-order chi connectivity index (χ1) is 11.7. The van der Waals surface area contributed by atoms with E-state index < -0.39 is 0 Å². The van der Waals surface area contributed by atoms with E-state index in [0.29, 0.717) is 21.6 Å². The van der Waals surface area contributed by atoms with E-state index in [9.17, 15) is 0 Å². The Morgan fingerprint density at radius 1 is 1.08 bits per heavy atom. The molecular formula is C17H11ClN4OS. The summed E-state index contributed by atoms with van der Waals surface area (Å²) in [7, 11) is 1.51. The third-order valence-electron chi connectivity index (χ3n) is 3.05. The minimum atomic E-state index is 0.230. The second-order valence-corrected chi connectivity index (χ2v) is 6.15. The molecule has 0 amide bonds. The monoisotopic (exact) mass is 354 g/mol. The summed E-state index contributed by atoms with van der Waals surface area (Å²) >= 11 is 7.38. The van der Waals surface area contributed by atoms with Gasteiger partial charge in [-0.15, -0.1) is 0 Å². The maximum atomic E-state index is 8.89. The number of halogens is 1. The zero-order valence-corrected chi connectivity index (χ0v) is 14.2. The van der Waals surface area contributed by atoms with E-state index in [4.69, 9.17) is 21.6 Å². The quantitative estimate of drug-likeness (QED) is 0.698. The molecule has 7 heteroatoms. The van der Waals surface area contributed by atoms with Gasteiger partial charge >= 0.3 is 6.01 Å². The van der Waals surface area contributed by atoms with Crippen molar-refractivity contribution in [3.8, 4) is 23.5 Å². The van der Waals surface area contributed by atoms with Gasteiger partial charge in [0, 0.05) is 15.5 Å². The summed E-state index contributed by atoms with van der Waals surface area (Å²) in [6, 6.07) is 16.8. The van der Waals surface area contributed by atoms with Gasteiger partial charge < -0.3 is 4.74 Å². The standard InChI is InChI=1S/C17H11ClN4OS/c1-23-16-20-15(12-7-5-11(10-19)6-8-12)21-17(22-16)24-14-4-2-3-13(18)9-14/h2-9H,1H3. The molecule has 0 radical (unpaired) electrons. The lowest BCUT2D eigenvalue weighted by Crippen LogP contribution is -1.99. The SMILES string of the molecule is COc1nc(Sc2cccc(Cl)c2)nc(-c2ccc(C#N)cc2)n1. The van der Waals surface area contributed by atoms with Gasteiger partial charge in [-0.3, -0.25) is 0 Å². The predicted molar refractivity (Wildman–Crippen MR) is 92.1 cm³/mol. The normalized spacial score (nSPS) is 10.2. The summed E-state index contributed by atoms with van der Waals surface area (Å²) in [5.74, 6) is 0.482. The molecule has 0 bridgehead atoms. The highest BCUT2D eigenvalue weighted by Crippen LogP contribution is 2.29. The average molecular weight is 355 g/mol. The Labute approximate surface area is 148 Å². The summed E-state index contributed by atoms with van der Waals surface area (Å²) < 4.78 is 5.17. The third kappa shape index (κ3) is 3.82. The maximum absolute atomic E-state index is 8.89. The van der Waals surface area contributed by atoms with Crippen molar-refractivity contribution in [1.82, 2.24) is 15.0 Å². The molecule has 2 aromatic carbocycles. The summed E-state index contributed by atoms with van der Waals surface area (Å²) in [6.07, 6.45) is 0. The third-order valence-corrected chi connectivity index (χ3v) is 4.14. The molecule has 0 N–H and O–H groups in total. The van der Waals surface area contributed by atoms with E-state index in [1.54, 1.807) is 24.3 Å². The van der Waals surface area contributed by atoms with Crippen molar-refractivity contribution in [2.45, 2.75) is 10.1 Å². The highest BCUT2D eigenvalue weighted by atomic mass is 35.5. The van der Waals surface area contributed by atoms with Gasteiger partial charge in [0.1, 0.15) is 0 Å². The van der Waals surface area contributed by atoms with Crippen LogP contribution in [0.1, 0.15) is 5.56 Å². The number of rotatable bonds is 4. The number of ether oxygens (including phenoxy) is 1. The molecule has 3 rings (SSSR count). The van der Waals surface area contributed by atoms with Crippen LogP contribution in [0.3, 0.4) is 0 Å². The van der Waals surface area contributed by atoms with Crippen LogP contribution in [0.4, 0.5) is 0 Å². The fourth-order valence-corrected chi connectivity index (χ4v) is 2.99. The first-order valence-electron chi connectivity index (χ1n) is 6.92. The lowest BCUT2D eigenvalue weighted by atomic mass is 10.1. The van der Waals surface area contributed by atoms with E-state index in [1.807, 2.05) is 24.3 Å². The zero-order valence-electron chi connectivity index (χ0n) is 12.6. The Hall–Kier alpha value is -2.62. The molecule has 0 aliphatic heterocycles. The maximum Gasteiger partial charge on any atom is 0.320 e. The van der Waals surface area contributed by atoms with Crippen LogP contribution in [0.25, 0.3) is 11.4 Å². The Kier molecular flexibility index (Phi) is 4.94. The van der Waals surface area contributed by atoms with Gasteiger partial charge in [-0.1, -0.05) is 17.7 Å². The molecule has 0 atom stereocenters. The van der Waals surface area contributed by atoms with Crippen molar-refractivity contribution in [1.29, 1.82) is 5.26 Å². The van der Waals surface area contributed by atoms with Crippen LogP contribution < -0.4 is 4.74 Å². The van der Waals surface area contributed by atoms with Crippen molar-refractivity contribution >= 4 is 23.4 Å². The minimum Gasteiger partial charge on any atom is -0.467 e. The number of benzene rings is 2. The van der Waals surface area contributed by atoms with Crippen molar-refractivity contribution in [3.05, 3.63) is 59.1 Å². The first kappa shape index (κ1) is 16.2. The highest BCUT2D eigenvalue weighted by molar-refractivity contribution is 7.99. The first-order valence-corrected chi connectivity index (χ1v) is 8.11. The summed E-state index contributed by atoms with van der Waals surface area (Å²) in [5.41, 5.74) is 1.36. The summed E-state index contributed by atoms with van der Waals surface area (Å²) in [6.45, 7) is 0. The van der Waals surface area contributed by atoms with Crippen molar-refractivity contribution in [2.24, 2.45) is 0 Å². The van der Waals surface area contributed by atoms with Crippen LogP contribution >= 0.6 is 23.4 Å². The van der Waals surface area contributed by atoms with Crippen molar-refractivity contribution in [2.75, 3.05) is 7.11 Å². The van der Waals surface area contributed by atoms with E-state index in [0.717, 1.165) is 10.5 Å². The number of hydrogen-bond donors (Lipinski definition) is 0. The molecule has 0 aliphatic rings. The molecule has 1 heterocycles. The number of methoxy groups -OCH3 is 1. The van der Waals surface area contributed by atoms with Crippen LogP contribution in [-0.2, 0) is 0 Å². The van der Waals surface area contributed by atoms with Crippen LogP contribution in [0, 0.1) is 11.3 Å². The smallest absolute Gasteiger partial charge is 0.320 e. The molecule has 0 saturated carbocycles. The minimum absolute atomic E-state index is 0.230. The van der Waals surface area contributed by atoms with E-state index >= 15 is 0 Å². The van der Waals surface area contributed by atoms with E-state index in [-0.39, 0.29) is 6.01 Å². The predicted octanol–water partition coefficient (Wildman–Crippen LogP) is 4.22. The Morgan fingerprint density at radius 2 is 1.88 bits per heavy atom. The van der Waals surface area contributed by atoms with Gasteiger partial charge in [-0.2, -0.15) is 15.2 Å². The number of hydrogen-bond acceptors (Lipinski definition) is 6. The van der Waals surface area contributed by atoms with Gasteiger partial charge in [0.2, 0.25) is 0 Å². The Balaban J connectivity index is 1.97. The molecule has 5 nitrogen and oxygen atoms in total. The molecule has 24 heavy (non-hydrogen) atoms. The van der Waals surface area contributed by atoms with Gasteiger partial charge in [0.15, 0.2) is 11.0 Å². The van der Waals surface area contributed by atoms with Crippen molar-refractivity contribution < 1.29 is 4.74 Å². The van der Waals surface area contributed by atoms with Gasteiger partial charge in [0.05, 0.1) is 18.7 Å². The van der Waals surface area contributed by atoms with Crippen molar-refractivity contribution in [3.63, 3.8) is 0 Å². The molecule has 118 valence electrons. The fourth-order valence-electron chi connectivity index (χ4n) is 1.93. The van der Waals surface area contributed by atoms with E-state index in [2.05, 4.69) is 21.0 Å². The largest absolute Gasteiger partial charge is 0.467 e. The van der Waals surface area contributed by atoms with Crippen LogP contribution in [0.2, 0.25) is 5.02 Å². The zero-order chi connectivity index (χ0) is 16.9. The molecule has 0 fully saturated rings. The molecule has 3 aromatic rings. The lowest BCUT2D eigenvalue weighted by Gasteiger charge is -2.06. The molecule has 0 saturated heterocycles. The van der Waals surface area contributed by atoms with Crippen LogP contribution in [0.5, 0.6) is 6.01 Å². The van der Waals surface area contributed by atoms with Crippen LogP contribution in [0.15, 0.2) is 58.6 Å². The van der Waals surface area contributed by atoms with Crippen LogP contribution in [-0.4, -0.2) is 22.1 Å². The molecule has 0 spiro atoms. The molecular weight excluding hydrogens is 344 g/mol. The summed E-state index contributed by atoms with van der Waals surface area (Å²) in [5, 5.41) is 10.0. The Bertz CT molecular complexity index is 909. The van der Waals surface area contributed by atoms with Gasteiger partial charge in [-0.05, 0) is 54.2 Å². The molecule has 1 aromatic heterocycles. The second kappa shape index (κ2) is 7.30. The Morgan fingerprint density at radius 3 is 2.54 bits per heavy atom. The number of nitrogens with zero attached hydrogens (tertiary/aromatic N) is 4. The molecule has 0 aliphatic carbocycles. The average Bonchev–Trinajstić information content (AvgIpc) is 2.61. The fraction of sp³-hybridized carbons (Fsp3) is 0.0588. The second-order valence-electron chi connectivity index (χ2n) is 4.68. The lowest BCUT2D eigenvalue weighted by molar-refractivity contribution is 0.373.